The second-order valence-corrected chi connectivity index (χ2v) is 7.85. The van der Waals surface area contributed by atoms with Crippen molar-refractivity contribution < 1.29 is 14.0 Å². The van der Waals surface area contributed by atoms with Crippen molar-refractivity contribution in [2.45, 2.75) is 6.42 Å². The zero-order valence-electron chi connectivity index (χ0n) is 12.9. The van der Waals surface area contributed by atoms with Crippen LogP contribution < -0.4 is 5.73 Å². The summed E-state index contributed by atoms with van der Waals surface area (Å²) in [6.07, 6.45) is 1.74. The van der Waals surface area contributed by atoms with Crippen LogP contribution in [0, 0.1) is 0 Å². The molecule has 25 heavy (non-hydrogen) atoms. The Bertz CT molecular complexity index is 874. The molecule has 0 atom stereocenters. The van der Waals surface area contributed by atoms with Gasteiger partial charge in [0.1, 0.15) is 15.8 Å². The van der Waals surface area contributed by atoms with E-state index in [0.29, 0.717) is 20.7 Å². The van der Waals surface area contributed by atoms with Crippen molar-refractivity contribution >= 4 is 62.1 Å². The van der Waals surface area contributed by atoms with E-state index < -0.39 is 5.91 Å². The molecule has 8 heteroatoms. The molecule has 5 nitrogen and oxygen atoms in total. The molecule has 1 aromatic heterocycles. The van der Waals surface area contributed by atoms with Gasteiger partial charge in [0.15, 0.2) is 0 Å². The summed E-state index contributed by atoms with van der Waals surface area (Å²) in [6, 6.07) is 11.4. The van der Waals surface area contributed by atoms with Gasteiger partial charge in [0, 0.05) is 29.1 Å². The SMILES string of the molecule is NC(=O)CCN1C(=O)C(=Cc2ccc(-c3ccc(Br)cc3)o2)SC1=S. The highest BCUT2D eigenvalue weighted by atomic mass is 79.9. The van der Waals surface area contributed by atoms with Crippen LogP contribution in [0.3, 0.4) is 0 Å². The molecule has 0 aliphatic carbocycles. The van der Waals surface area contributed by atoms with Crippen molar-refractivity contribution in [3.8, 4) is 11.3 Å². The first-order chi connectivity index (χ1) is 11.9. The number of nitrogens with zero attached hydrogens (tertiary/aromatic N) is 1. The van der Waals surface area contributed by atoms with Gasteiger partial charge in [0.25, 0.3) is 5.91 Å². The molecule has 0 radical (unpaired) electrons. The average Bonchev–Trinajstić information content (AvgIpc) is 3.12. The summed E-state index contributed by atoms with van der Waals surface area (Å²) < 4.78 is 7.20. The summed E-state index contributed by atoms with van der Waals surface area (Å²) in [4.78, 5) is 25.1. The molecule has 1 aromatic carbocycles. The number of rotatable bonds is 5. The first kappa shape index (κ1) is 17.9. The van der Waals surface area contributed by atoms with E-state index in [4.69, 9.17) is 22.4 Å². The molecule has 0 unspecified atom stereocenters. The van der Waals surface area contributed by atoms with Crippen LogP contribution in [0.4, 0.5) is 0 Å². The minimum absolute atomic E-state index is 0.0776. The van der Waals surface area contributed by atoms with E-state index in [9.17, 15) is 9.59 Å². The monoisotopic (exact) mass is 436 g/mol. The smallest absolute Gasteiger partial charge is 0.266 e. The summed E-state index contributed by atoms with van der Waals surface area (Å²) in [5.41, 5.74) is 6.07. The van der Waals surface area contributed by atoms with E-state index in [0.717, 1.165) is 10.0 Å². The number of halogens is 1. The predicted molar refractivity (Wildman–Crippen MR) is 106 cm³/mol. The van der Waals surface area contributed by atoms with Crippen molar-refractivity contribution in [1.29, 1.82) is 0 Å². The quantitative estimate of drug-likeness (QED) is 0.569. The molecule has 2 N–H and O–H groups in total. The van der Waals surface area contributed by atoms with Crippen molar-refractivity contribution in [1.82, 2.24) is 4.90 Å². The topological polar surface area (TPSA) is 76.5 Å². The molecular formula is C17H13BrN2O3S2. The average molecular weight is 437 g/mol. The van der Waals surface area contributed by atoms with E-state index in [1.807, 2.05) is 30.3 Å². The maximum Gasteiger partial charge on any atom is 0.266 e. The molecule has 128 valence electrons. The Morgan fingerprint density at radius 2 is 2.00 bits per heavy atom. The minimum Gasteiger partial charge on any atom is -0.457 e. The molecule has 0 spiro atoms. The summed E-state index contributed by atoms with van der Waals surface area (Å²) in [5.74, 6) is 0.567. The highest BCUT2D eigenvalue weighted by Gasteiger charge is 2.32. The van der Waals surface area contributed by atoms with Gasteiger partial charge in [-0.25, -0.2) is 0 Å². The van der Waals surface area contributed by atoms with Crippen LogP contribution in [0.2, 0.25) is 0 Å². The van der Waals surface area contributed by atoms with Crippen LogP contribution in [-0.2, 0) is 9.59 Å². The number of thioether (sulfide) groups is 1. The predicted octanol–water partition coefficient (Wildman–Crippen LogP) is 3.79. The summed E-state index contributed by atoms with van der Waals surface area (Å²) in [7, 11) is 0. The Kier molecular flexibility index (Phi) is 5.41. The van der Waals surface area contributed by atoms with Gasteiger partial charge >= 0.3 is 0 Å². The van der Waals surface area contributed by atoms with Gasteiger partial charge in [-0.15, -0.1) is 0 Å². The fourth-order valence-electron chi connectivity index (χ4n) is 2.24. The van der Waals surface area contributed by atoms with Crippen LogP contribution in [-0.4, -0.2) is 27.6 Å². The third kappa shape index (κ3) is 4.20. The van der Waals surface area contributed by atoms with Crippen LogP contribution in [0.5, 0.6) is 0 Å². The third-order valence-corrected chi connectivity index (χ3v) is 5.39. The molecule has 2 aromatic rings. The fraction of sp³-hybridized carbons (Fsp3) is 0.118. The number of hydrogen-bond acceptors (Lipinski definition) is 5. The zero-order valence-corrected chi connectivity index (χ0v) is 16.1. The number of carbonyl (C=O) groups is 2. The lowest BCUT2D eigenvalue weighted by atomic mass is 10.2. The highest BCUT2D eigenvalue weighted by molar-refractivity contribution is 9.10. The minimum atomic E-state index is -0.469. The van der Waals surface area contributed by atoms with E-state index in [-0.39, 0.29) is 18.9 Å². The van der Waals surface area contributed by atoms with Crippen molar-refractivity contribution in [3.63, 3.8) is 0 Å². The summed E-state index contributed by atoms with van der Waals surface area (Å²) >= 11 is 9.78. The van der Waals surface area contributed by atoms with Gasteiger partial charge in [0.05, 0.1) is 4.91 Å². The van der Waals surface area contributed by atoms with Crippen LogP contribution in [0.15, 0.2) is 50.2 Å². The summed E-state index contributed by atoms with van der Waals surface area (Å²) in [6.45, 7) is 0.194. The Morgan fingerprint density at radius 1 is 1.28 bits per heavy atom. The van der Waals surface area contributed by atoms with E-state index in [2.05, 4.69) is 15.9 Å². The Morgan fingerprint density at radius 3 is 2.68 bits per heavy atom. The maximum atomic E-state index is 12.4. The van der Waals surface area contributed by atoms with Crippen LogP contribution >= 0.6 is 39.9 Å². The van der Waals surface area contributed by atoms with E-state index in [1.54, 1.807) is 12.1 Å². The van der Waals surface area contributed by atoms with Crippen molar-refractivity contribution in [3.05, 3.63) is 51.5 Å². The molecule has 1 fully saturated rings. The molecule has 0 bridgehead atoms. The first-order valence-electron chi connectivity index (χ1n) is 7.33. The lowest BCUT2D eigenvalue weighted by Crippen LogP contribution is -2.31. The Labute approximate surface area is 162 Å². The zero-order chi connectivity index (χ0) is 18.0. The van der Waals surface area contributed by atoms with Gasteiger partial charge in [0.2, 0.25) is 5.91 Å². The standard InChI is InChI=1S/C17H13BrN2O3S2/c18-11-3-1-10(2-4-11)13-6-5-12(23-13)9-14-16(22)20(17(24)25-14)8-7-15(19)21/h1-6,9H,7-8H2,(H2,19,21). The molecule has 0 saturated carbocycles. The highest BCUT2D eigenvalue weighted by Crippen LogP contribution is 2.33. The fourth-order valence-corrected chi connectivity index (χ4v) is 3.80. The van der Waals surface area contributed by atoms with Crippen LogP contribution in [0.1, 0.15) is 12.2 Å². The van der Waals surface area contributed by atoms with Gasteiger partial charge in [-0.2, -0.15) is 0 Å². The van der Waals surface area contributed by atoms with E-state index >= 15 is 0 Å². The number of hydrogen-bond donors (Lipinski definition) is 1. The van der Waals surface area contributed by atoms with E-state index in [1.165, 1.54) is 16.7 Å². The number of furan rings is 1. The number of carbonyl (C=O) groups excluding carboxylic acids is 2. The number of amides is 2. The Hall–Kier alpha value is -1.90. The van der Waals surface area contributed by atoms with Crippen molar-refractivity contribution in [2.24, 2.45) is 5.73 Å². The molecule has 2 heterocycles. The molecule has 3 rings (SSSR count). The number of primary amides is 1. The lowest BCUT2D eigenvalue weighted by molar-refractivity contribution is -0.123. The van der Waals surface area contributed by atoms with Crippen molar-refractivity contribution in [2.75, 3.05) is 6.54 Å². The normalized spacial score (nSPS) is 16.0. The van der Waals surface area contributed by atoms with Crippen LogP contribution in [0.25, 0.3) is 17.4 Å². The second kappa shape index (κ2) is 7.55. The molecule has 1 saturated heterocycles. The largest absolute Gasteiger partial charge is 0.457 e. The summed E-state index contributed by atoms with van der Waals surface area (Å²) in [5, 5.41) is 0. The third-order valence-electron chi connectivity index (χ3n) is 3.48. The van der Waals surface area contributed by atoms with Gasteiger partial charge in [-0.05, 0) is 24.3 Å². The van der Waals surface area contributed by atoms with Gasteiger partial charge < -0.3 is 10.2 Å². The number of thiocarbonyl (C=S) groups is 1. The van der Waals surface area contributed by atoms with Gasteiger partial charge in [-0.1, -0.05) is 52.0 Å². The molecular weight excluding hydrogens is 424 g/mol. The molecule has 2 amide bonds. The van der Waals surface area contributed by atoms with Gasteiger partial charge in [-0.3, -0.25) is 14.5 Å². The lowest BCUT2D eigenvalue weighted by Gasteiger charge is -2.12. The maximum absolute atomic E-state index is 12.4. The second-order valence-electron chi connectivity index (χ2n) is 5.26. The first-order valence-corrected chi connectivity index (χ1v) is 9.35. The molecule has 1 aliphatic heterocycles. The Balaban J connectivity index is 1.77. The molecule has 1 aliphatic rings. The number of nitrogens with two attached hydrogens (primary N) is 1. The number of benzene rings is 1.